The van der Waals surface area contributed by atoms with Gasteiger partial charge in [0.25, 0.3) is 0 Å². The summed E-state index contributed by atoms with van der Waals surface area (Å²) in [4.78, 5) is 35.3. The van der Waals surface area contributed by atoms with Gasteiger partial charge in [0.15, 0.2) is 0 Å². The average molecular weight is 352 g/mol. The molecule has 0 aliphatic heterocycles. The van der Waals surface area contributed by atoms with Crippen molar-refractivity contribution in [3.63, 3.8) is 0 Å². The molecule has 2 rings (SSSR count). The summed E-state index contributed by atoms with van der Waals surface area (Å²) in [5, 5.41) is 17.7. The highest BCUT2D eigenvalue weighted by Gasteiger charge is 2.24. The number of rotatable bonds is 6. The Morgan fingerprint density at radius 3 is 2.79 bits per heavy atom. The predicted molar refractivity (Wildman–Crippen MR) is 87.2 cm³/mol. The Kier molecular flexibility index (Phi) is 5.29. The van der Waals surface area contributed by atoms with E-state index < -0.39 is 22.8 Å². The summed E-state index contributed by atoms with van der Waals surface area (Å²) in [6.07, 6.45) is 2.67. The highest BCUT2D eigenvalue weighted by Crippen LogP contribution is 2.29. The topological polar surface area (TPSA) is 116 Å². The molecule has 2 heterocycles. The summed E-state index contributed by atoms with van der Waals surface area (Å²) in [6.45, 7) is 3.57. The lowest BCUT2D eigenvalue weighted by molar-refractivity contribution is -0.385. The van der Waals surface area contributed by atoms with Gasteiger partial charge >= 0.3 is 11.7 Å². The third-order valence-electron chi connectivity index (χ3n) is 3.30. The van der Waals surface area contributed by atoms with Crippen LogP contribution in [-0.4, -0.2) is 33.7 Å². The van der Waals surface area contributed by atoms with Crippen molar-refractivity contribution in [1.82, 2.24) is 9.78 Å². The summed E-state index contributed by atoms with van der Waals surface area (Å²) in [5.41, 5.74) is 0.0816. The maximum Gasteiger partial charge on any atom is 0.340 e. The second kappa shape index (κ2) is 7.21. The summed E-state index contributed by atoms with van der Waals surface area (Å²) in [5.74, 6) is -0.958. The zero-order valence-corrected chi connectivity index (χ0v) is 14.1. The van der Waals surface area contributed by atoms with E-state index in [2.05, 4.69) is 10.4 Å². The van der Waals surface area contributed by atoms with E-state index >= 15 is 0 Å². The molecule has 2 aromatic heterocycles. The third kappa shape index (κ3) is 3.59. The molecule has 1 unspecified atom stereocenters. The lowest BCUT2D eigenvalue weighted by atomic mass is 10.2. The van der Waals surface area contributed by atoms with E-state index in [-0.39, 0.29) is 11.3 Å². The fraction of sp³-hybridized carbons (Fsp3) is 0.357. The average Bonchev–Trinajstić information content (AvgIpc) is 3.14. The van der Waals surface area contributed by atoms with Crippen LogP contribution < -0.4 is 5.32 Å². The Hall–Kier alpha value is -2.75. The fourth-order valence-corrected chi connectivity index (χ4v) is 3.05. The number of carbonyl (C=O) groups is 2. The summed E-state index contributed by atoms with van der Waals surface area (Å²) in [6, 6.07) is 0.901. The molecule has 10 heteroatoms. The molecule has 0 aromatic carbocycles. The first-order valence-corrected chi connectivity index (χ1v) is 7.87. The normalized spacial score (nSPS) is 11.8. The molecule has 0 aliphatic rings. The first kappa shape index (κ1) is 17.6. The maximum absolute atomic E-state index is 12.5. The zero-order chi connectivity index (χ0) is 17.9. The molecule has 9 nitrogen and oxygen atoms in total. The Morgan fingerprint density at radius 1 is 1.54 bits per heavy atom. The van der Waals surface area contributed by atoms with Crippen LogP contribution in [0.15, 0.2) is 18.5 Å². The standard InChI is InChI=1S/C14H16N4O5S/c1-4-11(17-7-9(6-15-17)18(21)22)12(19)16-13-10(14(20)23-3)5-8(2)24-13/h5-7,11H,4H2,1-3H3,(H,16,19). The number of amides is 1. The highest BCUT2D eigenvalue weighted by molar-refractivity contribution is 7.16. The third-order valence-corrected chi connectivity index (χ3v) is 4.27. The smallest absolute Gasteiger partial charge is 0.340 e. The first-order chi connectivity index (χ1) is 11.4. The first-order valence-electron chi connectivity index (χ1n) is 7.05. The molecule has 1 amide bonds. The zero-order valence-electron chi connectivity index (χ0n) is 13.3. The van der Waals surface area contributed by atoms with Gasteiger partial charge in [-0.25, -0.2) is 4.79 Å². The van der Waals surface area contributed by atoms with E-state index in [0.717, 1.165) is 11.1 Å². The lowest BCUT2D eigenvalue weighted by Crippen LogP contribution is -2.26. The van der Waals surface area contributed by atoms with Crippen LogP contribution in [0, 0.1) is 17.0 Å². The van der Waals surface area contributed by atoms with Crippen molar-refractivity contribution < 1.29 is 19.2 Å². The lowest BCUT2D eigenvalue weighted by Gasteiger charge is -2.15. The minimum atomic E-state index is -0.730. The Labute approximate surface area is 141 Å². The van der Waals surface area contributed by atoms with Crippen molar-refractivity contribution >= 4 is 33.9 Å². The van der Waals surface area contributed by atoms with Gasteiger partial charge in [-0.2, -0.15) is 5.10 Å². The van der Waals surface area contributed by atoms with Crippen molar-refractivity contribution in [2.45, 2.75) is 26.3 Å². The molecule has 0 saturated heterocycles. The maximum atomic E-state index is 12.5. The molecule has 1 atom stereocenters. The monoisotopic (exact) mass is 352 g/mol. The molecule has 0 aliphatic carbocycles. The second-order valence-electron chi connectivity index (χ2n) is 4.94. The van der Waals surface area contributed by atoms with Gasteiger partial charge in [0.2, 0.25) is 5.91 Å². The summed E-state index contributed by atoms with van der Waals surface area (Å²) in [7, 11) is 1.26. The fourth-order valence-electron chi connectivity index (χ4n) is 2.15. The Morgan fingerprint density at radius 2 is 2.25 bits per heavy atom. The number of anilines is 1. The largest absolute Gasteiger partial charge is 0.465 e. The second-order valence-corrected chi connectivity index (χ2v) is 6.20. The number of carbonyl (C=O) groups excluding carboxylic acids is 2. The molecule has 2 aromatic rings. The van der Waals surface area contributed by atoms with Gasteiger partial charge in [-0.05, 0) is 19.4 Å². The van der Waals surface area contributed by atoms with Gasteiger partial charge in [-0.1, -0.05) is 6.92 Å². The number of esters is 1. The van der Waals surface area contributed by atoms with Crippen molar-refractivity contribution in [3.05, 3.63) is 39.0 Å². The van der Waals surface area contributed by atoms with Crippen LogP contribution in [0.3, 0.4) is 0 Å². The van der Waals surface area contributed by atoms with Gasteiger partial charge in [0.05, 0.1) is 17.6 Å². The Balaban J connectivity index is 2.23. The van der Waals surface area contributed by atoms with Crippen LogP contribution >= 0.6 is 11.3 Å². The molecule has 1 N–H and O–H groups in total. The number of hydrogen-bond donors (Lipinski definition) is 1. The summed E-state index contributed by atoms with van der Waals surface area (Å²) >= 11 is 1.25. The number of thiophene rings is 1. The minimum Gasteiger partial charge on any atom is -0.465 e. The van der Waals surface area contributed by atoms with Gasteiger partial charge in [-0.15, -0.1) is 11.3 Å². The van der Waals surface area contributed by atoms with Gasteiger partial charge in [0.1, 0.15) is 23.4 Å². The molecule has 128 valence electrons. The minimum absolute atomic E-state index is 0.191. The molecule has 24 heavy (non-hydrogen) atoms. The predicted octanol–water partition coefficient (Wildman–Crippen LogP) is 2.54. The number of ether oxygens (including phenoxy) is 1. The van der Waals surface area contributed by atoms with Crippen LogP contribution in [0.1, 0.15) is 34.6 Å². The van der Waals surface area contributed by atoms with Crippen LogP contribution in [-0.2, 0) is 9.53 Å². The quantitative estimate of drug-likeness (QED) is 0.485. The van der Waals surface area contributed by atoms with Crippen molar-refractivity contribution in [1.29, 1.82) is 0 Å². The molecular formula is C14H16N4O5S. The molecule has 0 spiro atoms. The van der Waals surface area contributed by atoms with Crippen LogP contribution in [0.4, 0.5) is 10.7 Å². The van der Waals surface area contributed by atoms with Crippen molar-refractivity contribution in [3.8, 4) is 0 Å². The van der Waals surface area contributed by atoms with Crippen molar-refractivity contribution in [2.24, 2.45) is 0 Å². The molecule has 0 radical (unpaired) electrons. The number of nitrogens with zero attached hydrogens (tertiary/aromatic N) is 3. The van der Waals surface area contributed by atoms with E-state index in [9.17, 15) is 19.7 Å². The van der Waals surface area contributed by atoms with E-state index in [1.807, 2.05) is 0 Å². The SMILES string of the molecule is CCC(C(=O)Nc1sc(C)cc1C(=O)OC)n1cc([N+](=O)[O-])cn1. The molecule has 0 bridgehead atoms. The number of aryl methyl sites for hydroxylation is 1. The van der Waals surface area contributed by atoms with Gasteiger partial charge in [-0.3, -0.25) is 19.6 Å². The van der Waals surface area contributed by atoms with Crippen LogP contribution in [0.25, 0.3) is 0 Å². The van der Waals surface area contributed by atoms with E-state index in [1.54, 1.807) is 19.9 Å². The number of methoxy groups -OCH3 is 1. The summed E-state index contributed by atoms with van der Waals surface area (Å²) < 4.78 is 5.94. The van der Waals surface area contributed by atoms with E-state index in [1.165, 1.54) is 29.3 Å². The van der Waals surface area contributed by atoms with Crippen LogP contribution in [0.2, 0.25) is 0 Å². The number of aromatic nitrogens is 2. The van der Waals surface area contributed by atoms with E-state index in [4.69, 9.17) is 4.74 Å². The van der Waals surface area contributed by atoms with Crippen molar-refractivity contribution in [2.75, 3.05) is 12.4 Å². The number of nitro groups is 1. The highest BCUT2D eigenvalue weighted by atomic mass is 32.1. The van der Waals surface area contributed by atoms with E-state index in [0.29, 0.717) is 11.4 Å². The Bertz CT molecular complexity index is 782. The molecule has 0 fully saturated rings. The number of hydrogen-bond acceptors (Lipinski definition) is 7. The molecular weight excluding hydrogens is 336 g/mol. The van der Waals surface area contributed by atoms with Crippen LogP contribution in [0.5, 0.6) is 0 Å². The van der Waals surface area contributed by atoms with Gasteiger partial charge in [0, 0.05) is 4.88 Å². The molecule has 0 saturated carbocycles. The number of nitrogens with one attached hydrogen (secondary N) is 1. The van der Waals surface area contributed by atoms with Gasteiger partial charge < -0.3 is 10.1 Å².